The normalized spacial score (nSPS) is 21.6. The van der Waals surface area contributed by atoms with Gasteiger partial charge in [0.1, 0.15) is 12.4 Å². The lowest BCUT2D eigenvalue weighted by Crippen LogP contribution is -2.44. The first-order valence-electron chi connectivity index (χ1n) is 12.7. The highest BCUT2D eigenvalue weighted by Crippen LogP contribution is 2.46. The predicted octanol–water partition coefficient (Wildman–Crippen LogP) is 3.34. The van der Waals surface area contributed by atoms with E-state index < -0.39 is 16.3 Å². The molecule has 1 aromatic carbocycles. The van der Waals surface area contributed by atoms with Gasteiger partial charge in [-0.25, -0.2) is 14.2 Å². The van der Waals surface area contributed by atoms with Gasteiger partial charge in [-0.2, -0.15) is 12.6 Å². The first kappa shape index (κ1) is 25.1. The summed E-state index contributed by atoms with van der Waals surface area (Å²) in [5.41, 5.74) is 2.46. The SMILES string of the molecule is CC[C@@]1(O)C(=O)OCc2c1cc1n(c2=O)Cc2c-1nc1cc(F)c(C)c3c1c2[C@@H](NC(=O)C(C)(C)S)CC3. The number of benzene rings is 1. The molecule has 2 aromatic heterocycles. The molecule has 2 aliphatic heterocycles. The van der Waals surface area contributed by atoms with Crippen molar-refractivity contribution in [1.29, 1.82) is 0 Å². The van der Waals surface area contributed by atoms with Gasteiger partial charge >= 0.3 is 5.97 Å². The lowest BCUT2D eigenvalue weighted by molar-refractivity contribution is -0.172. The summed E-state index contributed by atoms with van der Waals surface area (Å²) in [7, 11) is 0. The second-order valence-corrected chi connectivity index (χ2v) is 12.1. The molecule has 0 saturated heterocycles. The average Bonchev–Trinajstić information content (AvgIpc) is 3.23. The molecule has 8 nitrogen and oxygen atoms in total. The molecule has 2 atom stereocenters. The summed E-state index contributed by atoms with van der Waals surface area (Å²) < 4.78 is 20.8. The third-order valence-electron chi connectivity index (χ3n) is 8.24. The molecule has 0 saturated carbocycles. The first-order chi connectivity index (χ1) is 17.9. The summed E-state index contributed by atoms with van der Waals surface area (Å²) >= 11 is 4.43. The molecular weight excluding hydrogens is 509 g/mol. The highest BCUT2D eigenvalue weighted by molar-refractivity contribution is 7.82. The van der Waals surface area contributed by atoms with Crippen molar-refractivity contribution in [2.75, 3.05) is 0 Å². The Kier molecular flexibility index (Phi) is 5.36. The number of pyridine rings is 2. The van der Waals surface area contributed by atoms with E-state index in [1.54, 1.807) is 38.3 Å². The molecule has 2 N–H and O–H groups in total. The number of rotatable bonds is 3. The van der Waals surface area contributed by atoms with Crippen molar-refractivity contribution in [2.24, 2.45) is 0 Å². The number of carbonyl (C=O) groups is 2. The number of fused-ring (bicyclic) bond motifs is 5. The van der Waals surface area contributed by atoms with Gasteiger partial charge in [-0.15, -0.1) is 0 Å². The Balaban J connectivity index is 1.64. The summed E-state index contributed by atoms with van der Waals surface area (Å²) in [6.45, 7) is 6.79. The number of carbonyl (C=O) groups excluding carboxylic acids is 2. The summed E-state index contributed by atoms with van der Waals surface area (Å²) in [5.74, 6) is -1.40. The number of nitrogens with zero attached hydrogens (tertiary/aromatic N) is 2. The number of amides is 1. The summed E-state index contributed by atoms with van der Waals surface area (Å²) in [4.78, 5) is 43.9. The molecule has 0 fully saturated rings. The van der Waals surface area contributed by atoms with Gasteiger partial charge in [0, 0.05) is 22.6 Å². The number of thiol groups is 1. The van der Waals surface area contributed by atoms with Crippen molar-refractivity contribution in [2.45, 2.75) is 76.5 Å². The van der Waals surface area contributed by atoms with Crippen molar-refractivity contribution in [3.63, 3.8) is 0 Å². The number of aryl methyl sites for hydroxylation is 1. The number of nitrogens with one attached hydrogen (secondary N) is 1. The van der Waals surface area contributed by atoms with Gasteiger partial charge in [-0.3, -0.25) is 9.59 Å². The van der Waals surface area contributed by atoms with E-state index in [1.165, 1.54) is 6.07 Å². The highest BCUT2D eigenvalue weighted by atomic mass is 32.1. The van der Waals surface area contributed by atoms with E-state index in [0.29, 0.717) is 35.3 Å². The van der Waals surface area contributed by atoms with Crippen LogP contribution in [0.3, 0.4) is 0 Å². The Morgan fingerprint density at radius 1 is 1.32 bits per heavy atom. The Hall–Kier alpha value is -3.24. The maximum absolute atomic E-state index is 15.0. The number of hydrogen-bond donors (Lipinski definition) is 3. The monoisotopic (exact) mass is 537 g/mol. The largest absolute Gasteiger partial charge is 0.458 e. The zero-order valence-electron chi connectivity index (χ0n) is 21.6. The number of cyclic esters (lactones) is 1. The second-order valence-electron chi connectivity index (χ2n) is 10.9. The van der Waals surface area contributed by atoms with Crippen LogP contribution in [0.15, 0.2) is 16.9 Å². The molecule has 6 rings (SSSR count). The molecule has 198 valence electrons. The van der Waals surface area contributed by atoms with E-state index in [2.05, 4.69) is 17.9 Å². The van der Waals surface area contributed by atoms with Crippen molar-refractivity contribution in [3.05, 3.63) is 61.7 Å². The van der Waals surface area contributed by atoms with Crippen LogP contribution < -0.4 is 10.9 Å². The summed E-state index contributed by atoms with van der Waals surface area (Å²) in [6, 6.07) is 2.64. The third kappa shape index (κ3) is 3.32. The predicted molar refractivity (Wildman–Crippen MR) is 141 cm³/mol. The number of aromatic nitrogens is 2. The van der Waals surface area contributed by atoms with E-state index >= 15 is 0 Å². The molecular formula is C28H28FN3O5S. The molecule has 4 heterocycles. The molecule has 3 aromatic rings. The zero-order valence-corrected chi connectivity index (χ0v) is 22.5. The topological polar surface area (TPSA) is 111 Å². The lowest BCUT2D eigenvalue weighted by atomic mass is 9.81. The van der Waals surface area contributed by atoms with Crippen LogP contribution in [0.4, 0.5) is 4.39 Å². The fourth-order valence-corrected chi connectivity index (χ4v) is 6.10. The number of aliphatic hydroxyl groups is 1. The molecule has 3 aliphatic rings. The van der Waals surface area contributed by atoms with E-state index in [0.717, 1.165) is 22.1 Å². The Labute approximate surface area is 223 Å². The van der Waals surface area contributed by atoms with Crippen LogP contribution in [0.2, 0.25) is 0 Å². The zero-order chi connectivity index (χ0) is 27.3. The fraction of sp³-hybridized carbons (Fsp3) is 0.429. The van der Waals surface area contributed by atoms with Crippen LogP contribution in [0.5, 0.6) is 0 Å². The van der Waals surface area contributed by atoms with Gasteiger partial charge in [-0.1, -0.05) is 6.92 Å². The average molecular weight is 538 g/mol. The Bertz CT molecular complexity index is 1660. The minimum Gasteiger partial charge on any atom is -0.458 e. The number of halogens is 1. The molecule has 38 heavy (non-hydrogen) atoms. The maximum Gasteiger partial charge on any atom is 0.343 e. The Morgan fingerprint density at radius 2 is 2.05 bits per heavy atom. The van der Waals surface area contributed by atoms with Gasteiger partial charge in [0.15, 0.2) is 5.60 Å². The second kappa shape index (κ2) is 8.13. The van der Waals surface area contributed by atoms with Crippen molar-refractivity contribution >= 4 is 35.4 Å². The molecule has 1 amide bonds. The van der Waals surface area contributed by atoms with E-state index in [4.69, 9.17) is 9.72 Å². The minimum absolute atomic E-state index is 0.0342. The van der Waals surface area contributed by atoms with Crippen LogP contribution in [-0.2, 0) is 39.5 Å². The van der Waals surface area contributed by atoms with Gasteiger partial charge in [-0.05, 0) is 62.8 Å². The smallest absolute Gasteiger partial charge is 0.343 e. The molecule has 0 unspecified atom stereocenters. The molecule has 10 heteroatoms. The van der Waals surface area contributed by atoms with Crippen LogP contribution >= 0.6 is 12.6 Å². The minimum atomic E-state index is -1.94. The van der Waals surface area contributed by atoms with Gasteiger partial charge in [0.2, 0.25) is 5.91 Å². The first-order valence-corrected chi connectivity index (χ1v) is 13.2. The van der Waals surface area contributed by atoms with Gasteiger partial charge in [0.25, 0.3) is 5.56 Å². The van der Waals surface area contributed by atoms with Crippen molar-refractivity contribution in [1.82, 2.24) is 14.9 Å². The molecule has 0 radical (unpaired) electrons. The van der Waals surface area contributed by atoms with Gasteiger partial charge in [0.05, 0.1) is 39.8 Å². The fourth-order valence-electron chi connectivity index (χ4n) is 6.03. The van der Waals surface area contributed by atoms with Crippen LogP contribution in [0.25, 0.3) is 22.3 Å². The Morgan fingerprint density at radius 3 is 2.74 bits per heavy atom. The van der Waals surface area contributed by atoms with Crippen molar-refractivity contribution in [3.8, 4) is 11.4 Å². The number of hydrogen-bond acceptors (Lipinski definition) is 7. The van der Waals surface area contributed by atoms with Crippen LogP contribution in [-0.4, -0.2) is 31.3 Å². The lowest BCUT2D eigenvalue weighted by Gasteiger charge is -2.31. The molecule has 0 spiro atoms. The molecule has 0 bridgehead atoms. The van der Waals surface area contributed by atoms with Crippen LogP contribution in [0.1, 0.15) is 73.0 Å². The third-order valence-corrected chi connectivity index (χ3v) is 8.44. The number of ether oxygens (including phenoxy) is 1. The summed E-state index contributed by atoms with van der Waals surface area (Å²) in [6.07, 6.45) is 1.15. The van der Waals surface area contributed by atoms with E-state index in [1.807, 2.05) is 0 Å². The quantitative estimate of drug-likeness (QED) is 0.273. The van der Waals surface area contributed by atoms with E-state index in [-0.39, 0.29) is 54.0 Å². The van der Waals surface area contributed by atoms with Crippen molar-refractivity contribution < 1.29 is 23.8 Å². The van der Waals surface area contributed by atoms with Crippen LogP contribution in [0, 0.1) is 12.7 Å². The highest BCUT2D eigenvalue weighted by Gasteiger charge is 2.46. The molecule has 1 aliphatic carbocycles. The summed E-state index contributed by atoms with van der Waals surface area (Å²) in [5, 5.41) is 15.1. The standard InChI is InChI=1S/C28H28FN3O5S/c1-5-28(36)16-8-20-23-14(10-32(20)24(33)15(16)11-37-26(28)35)22-18(31-25(34)27(3,4)38)7-6-13-12(2)17(29)9-19(30-23)21(13)22/h8-9,18,36,38H,5-7,10-11H2,1-4H3,(H,31,34)/t18-,28-/m0/s1. The maximum atomic E-state index is 15.0. The van der Waals surface area contributed by atoms with E-state index in [9.17, 15) is 23.9 Å². The van der Waals surface area contributed by atoms with Gasteiger partial charge < -0.3 is 19.7 Å². The number of esters is 1.